The van der Waals surface area contributed by atoms with Gasteiger partial charge in [-0.3, -0.25) is 4.21 Å². The maximum atomic E-state index is 12.2. The molecule has 1 heterocycles. The predicted molar refractivity (Wildman–Crippen MR) is 85.2 cm³/mol. The number of nitrogens with two attached hydrogens (primary N) is 1. The molecule has 3 aromatic rings. The van der Waals surface area contributed by atoms with Gasteiger partial charge in [-0.05, 0) is 24.6 Å². The molecule has 1 atom stereocenters. The first-order chi connectivity index (χ1) is 10.1. The van der Waals surface area contributed by atoms with Crippen molar-refractivity contribution in [2.45, 2.75) is 18.4 Å². The van der Waals surface area contributed by atoms with E-state index in [1.54, 1.807) is 18.2 Å². The van der Waals surface area contributed by atoms with E-state index < -0.39 is 10.8 Å². The van der Waals surface area contributed by atoms with E-state index in [-0.39, 0.29) is 0 Å². The maximum Gasteiger partial charge on any atom is 0.208 e. The Balaban J connectivity index is 1.74. The van der Waals surface area contributed by atoms with Crippen LogP contribution in [-0.2, 0) is 22.3 Å². The van der Waals surface area contributed by atoms with Gasteiger partial charge in [-0.25, -0.2) is 4.98 Å². The van der Waals surface area contributed by atoms with Gasteiger partial charge in [0.05, 0.1) is 0 Å². The number of nitrogen functional groups attached to an aromatic ring is 1. The molecular formula is C16H16N2O2S. The third-order valence-electron chi connectivity index (χ3n) is 3.15. The van der Waals surface area contributed by atoms with E-state index in [2.05, 4.69) is 4.98 Å². The van der Waals surface area contributed by atoms with Crippen molar-refractivity contribution < 1.29 is 8.63 Å². The molecule has 4 nitrogen and oxygen atoms in total. The zero-order valence-corrected chi connectivity index (χ0v) is 12.5. The minimum absolute atomic E-state index is 0.308. The molecule has 0 amide bonds. The molecule has 0 aliphatic rings. The fourth-order valence-corrected chi connectivity index (χ4v) is 3.28. The van der Waals surface area contributed by atoms with E-state index in [1.165, 1.54) is 5.56 Å². The van der Waals surface area contributed by atoms with Gasteiger partial charge in [0.1, 0.15) is 11.3 Å². The van der Waals surface area contributed by atoms with Crippen molar-refractivity contribution in [3.63, 3.8) is 0 Å². The van der Waals surface area contributed by atoms with Crippen LogP contribution in [0.1, 0.15) is 17.0 Å². The SMILES string of the molecule is Cc1cccc(CS(=O)Cc2nc3ccc(N)cc3o2)c1. The first-order valence-electron chi connectivity index (χ1n) is 6.65. The molecule has 2 aromatic carbocycles. The molecule has 0 aliphatic heterocycles. The van der Waals surface area contributed by atoms with Crippen molar-refractivity contribution in [2.24, 2.45) is 0 Å². The lowest BCUT2D eigenvalue weighted by Gasteiger charge is -2.01. The molecule has 0 radical (unpaired) electrons. The van der Waals surface area contributed by atoms with E-state index in [0.717, 1.165) is 11.1 Å². The molecule has 0 saturated carbocycles. The number of oxazole rings is 1. The molecule has 0 spiro atoms. The summed E-state index contributed by atoms with van der Waals surface area (Å²) >= 11 is 0. The van der Waals surface area contributed by atoms with Crippen LogP contribution in [0.3, 0.4) is 0 Å². The van der Waals surface area contributed by atoms with Crippen molar-refractivity contribution in [3.8, 4) is 0 Å². The maximum absolute atomic E-state index is 12.2. The lowest BCUT2D eigenvalue weighted by atomic mass is 10.2. The molecule has 0 aliphatic carbocycles. The zero-order chi connectivity index (χ0) is 14.8. The summed E-state index contributed by atoms with van der Waals surface area (Å²) in [4.78, 5) is 4.34. The third-order valence-corrected chi connectivity index (χ3v) is 4.38. The first kappa shape index (κ1) is 13.8. The number of hydrogen-bond acceptors (Lipinski definition) is 4. The lowest BCUT2D eigenvalue weighted by Crippen LogP contribution is -1.99. The van der Waals surface area contributed by atoms with Crippen LogP contribution in [0.4, 0.5) is 5.69 Å². The van der Waals surface area contributed by atoms with Crippen LogP contribution in [0, 0.1) is 6.92 Å². The number of anilines is 1. The molecule has 0 bridgehead atoms. The quantitative estimate of drug-likeness (QED) is 0.751. The summed E-state index contributed by atoms with van der Waals surface area (Å²) in [5.41, 5.74) is 9.94. The van der Waals surface area contributed by atoms with Gasteiger partial charge in [-0.1, -0.05) is 29.8 Å². The van der Waals surface area contributed by atoms with Crippen molar-refractivity contribution in [1.29, 1.82) is 0 Å². The number of rotatable bonds is 4. The Morgan fingerprint density at radius 2 is 2.05 bits per heavy atom. The highest BCUT2D eigenvalue weighted by atomic mass is 32.2. The van der Waals surface area contributed by atoms with Gasteiger partial charge >= 0.3 is 0 Å². The van der Waals surface area contributed by atoms with Crippen LogP contribution in [0.2, 0.25) is 0 Å². The molecular weight excluding hydrogens is 284 g/mol. The summed E-state index contributed by atoms with van der Waals surface area (Å²) in [6.45, 7) is 2.03. The topological polar surface area (TPSA) is 69.1 Å². The van der Waals surface area contributed by atoms with Gasteiger partial charge in [0.15, 0.2) is 5.58 Å². The highest BCUT2D eigenvalue weighted by molar-refractivity contribution is 7.83. The molecule has 0 saturated heterocycles. The van der Waals surface area contributed by atoms with Gasteiger partial charge < -0.3 is 10.2 Å². The average Bonchev–Trinajstić information content (AvgIpc) is 2.79. The summed E-state index contributed by atoms with van der Waals surface area (Å²) < 4.78 is 17.8. The minimum Gasteiger partial charge on any atom is -0.440 e. The van der Waals surface area contributed by atoms with E-state index in [0.29, 0.717) is 28.7 Å². The van der Waals surface area contributed by atoms with Gasteiger partial charge in [-0.15, -0.1) is 0 Å². The second-order valence-corrected chi connectivity index (χ2v) is 6.51. The van der Waals surface area contributed by atoms with Gasteiger partial charge in [0.2, 0.25) is 5.89 Å². The van der Waals surface area contributed by atoms with E-state index in [9.17, 15) is 4.21 Å². The van der Waals surface area contributed by atoms with Crippen molar-refractivity contribution in [2.75, 3.05) is 5.73 Å². The summed E-state index contributed by atoms with van der Waals surface area (Å²) in [7, 11) is -1.05. The van der Waals surface area contributed by atoms with Gasteiger partial charge in [-0.2, -0.15) is 0 Å². The van der Waals surface area contributed by atoms with E-state index in [1.807, 2.05) is 31.2 Å². The van der Waals surface area contributed by atoms with Crippen LogP contribution >= 0.6 is 0 Å². The second-order valence-electron chi connectivity index (χ2n) is 5.05. The Morgan fingerprint density at radius 1 is 1.19 bits per heavy atom. The second kappa shape index (κ2) is 5.69. The Kier molecular flexibility index (Phi) is 3.75. The van der Waals surface area contributed by atoms with Crippen molar-refractivity contribution in [1.82, 2.24) is 4.98 Å². The number of nitrogens with zero attached hydrogens (tertiary/aromatic N) is 1. The fourth-order valence-electron chi connectivity index (χ4n) is 2.23. The molecule has 21 heavy (non-hydrogen) atoms. The van der Waals surface area contributed by atoms with Crippen molar-refractivity contribution in [3.05, 3.63) is 59.5 Å². The van der Waals surface area contributed by atoms with Gasteiger partial charge in [0.25, 0.3) is 0 Å². The smallest absolute Gasteiger partial charge is 0.208 e. The highest BCUT2D eigenvalue weighted by Crippen LogP contribution is 2.19. The molecule has 1 unspecified atom stereocenters. The Bertz CT molecular complexity index is 811. The van der Waals surface area contributed by atoms with Gasteiger partial charge in [0, 0.05) is 28.3 Å². The monoisotopic (exact) mass is 300 g/mol. The molecule has 5 heteroatoms. The molecule has 3 rings (SSSR count). The number of benzene rings is 2. The summed E-state index contributed by atoms with van der Waals surface area (Å²) in [6, 6.07) is 13.3. The molecule has 2 N–H and O–H groups in total. The number of hydrogen-bond donors (Lipinski definition) is 1. The van der Waals surface area contributed by atoms with Crippen molar-refractivity contribution >= 4 is 27.6 Å². The van der Waals surface area contributed by atoms with Crippen LogP contribution < -0.4 is 5.73 Å². The van der Waals surface area contributed by atoms with Crippen LogP contribution in [-0.4, -0.2) is 9.19 Å². The standard InChI is InChI=1S/C16H16N2O2S/c1-11-3-2-4-12(7-11)9-21(19)10-16-18-14-6-5-13(17)8-15(14)20-16/h2-8H,9-10,17H2,1H3. The normalized spacial score (nSPS) is 12.6. The van der Waals surface area contributed by atoms with E-state index >= 15 is 0 Å². The third kappa shape index (κ3) is 3.31. The largest absolute Gasteiger partial charge is 0.440 e. The summed E-state index contributed by atoms with van der Waals surface area (Å²) in [5.74, 6) is 1.30. The first-order valence-corrected chi connectivity index (χ1v) is 8.14. The number of aromatic nitrogens is 1. The predicted octanol–water partition coefficient (Wildman–Crippen LogP) is 3.17. The number of fused-ring (bicyclic) bond motifs is 1. The fraction of sp³-hybridized carbons (Fsp3) is 0.188. The number of aryl methyl sites for hydroxylation is 1. The highest BCUT2D eigenvalue weighted by Gasteiger charge is 2.10. The molecule has 1 aromatic heterocycles. The Labute approximate surface area is 125 Å². The lowest BCUT2D eigenvalue weighted by molar-refractivity contribution is 0.552. The van der Waals surface area contributed by atoms with Crippen LogP contribution in [0.15, 0.2) is 46.9 Å². The van der Waals surface area contributed by atoms with E-state index in [4.69, 9.17) is 10.2 Å². The minimum atomic E-state index is -1.05. The van der Waals surface area contributed by atoms with Crippen LogP contribution in [0.25, 0.3) is 11.1 Å². The Hall–Kier alpha value is -2.14. The summed E-state index contributed by atoms with van der Waals surface area (Å²) in [5, 5.41) is 0. The average molecular weight is 300 g/mol. The zero-order valence-electron chi connectivity index (χ0n) is 11.7. The summed E-state index contributed by atoms with van der Waals surface area (Å²) in [6.07, 6.45) is 0. The Morgan fingerprint density at radius 3 is 2.86 bits per heavy atom. The van der Waals surface area contributed by atoms with Crippen LogP contribution in [0.5, 0.6) is 0 Å². The molecule has 108 valence electrons. The molecule has 0 fully saturated rings.